The molecule has 7 nitrogen and oxygen atoms in total. The van der Waals surface area contributed by atoms with E-state index in [1.165, 1.54) is 6.07 Å². The number of nitrogens with one attached hydrogen (secondary N) is 1. The number of carbonyl (C=O) groups is 1. The summed E-state index contributed by atoms with van der Waals surface area (Å²) in [5.74, 6) is 1.12. The van der Waals surface area contributed by atoms with Crippen molar-refractivity contribution in [3.05, 3.63) is 58.8 Å². The highest BCUT2D eigenvalue weighted by molar-refractivity contribution is 5.82. The number of benzene rings is 2. The molecular weight excluding hydrogens is 348 g/mol. The van der Waals surface area contributed by atoms with Crippen molar-refractivity contribution in [3.63, 3.8) is 0 Å². The van der Waals surface area contributed by atoms with E-state index in [-0.39, 0.29) is 17.9 Å². The zero-order valence-corrected chi connectivity index (χ0v) is 14.4. The largest absolute Gasteiger partial charge is 0.485 e. The van der Waals surface area contributed by atoms with E-state index in [2.05, 4.69) is 5.32 Å². The minimum Gasteiger partial charge on any atom is -0.485 e. The van der Waals surface area contributed by atoms with Crippen molar-refractivity contribution in [2.75, 3.05) is 19.7 Å². The normalized spacial score (nSPS) is 15.5. The number of nitrogens with two attached hydrogens (primary N) is 1. The van der Waals surface area contributed by atoms with Crippen LogP contribution in [0.3, 0.4) is 0 Å². The molecule has 3 N–H and O–H groups in total. The summed E-state index contributed by atoms with van der Waals surface area (Å²) < 4.78 is 17.2. The molecule has 0 aliphatic carbocycles. The molecule has 7 heteroatoms. The first-order valence-corrected chi connectivity index (χ1v) is 8.60. The summed E-state index contributed by atoms with van der Waals surface area (Å²) in [4.78, 5) is 24.3. The summed E-state index contributed by atoms with van der Waals surface area (Å²) in [6.07, 6.45) is -0.728. The lowest BCUT2D eigenvalue weighted by molar-refractivity contribution is -0.130. The van der Waals surface area contributed by atoms with E-state index < -0.39 is 6.10 Å². The van der Waals surface area contributed by atoms with Gasteiger partial charge in [0.1, 0.15) is 18.0 Å². The van der Waals surface area contributed by atoms with Gasteiger partial charge in [0.05, 0.1) is 5.39 Å². The standard InChI is InChI=1S/C20H18N2O5/c21-7-8-22-20(24)19-11-25-18-9-12(5-6-16(18)27-19)17-10-14(23)13-3-1-2-4-15(13)26-17/h1-6,9-10,19H,7-8,11,21H2,(H,22,24). The van der Waals surface area contributed by atoms with E-state index in [4.69, 9.17) is 19.6 Å². The van der Waals surface area contributed by atoms with Crippen molar-refractivity contribution < 1.29 is 18.7 Å². The maximum Gasteiger partial charge on any atom is 0.264 e. The summed E-state index contributed by atoms with van der Waals surface area (Å²) in [5.41, 5.74) is 6.48. The monoisotopic (exact) mass is 366 g/mol. The fourth-order valence-electron chi connectivity index (χ4n) is 2.91. The topological polar surface area (TPSA) is 104 Å². The van der Waals surface area contributed by atoms with E-state index in [9.17, 15) is 9.59 Å². The van der Waals surface area contributed by atoms with Gasteiger partial charge in [-0.25, -0.2) is 0 Å². The summed E-state index contributed by atoms with van der Waals surface area (Å²) in [6, 6.07) is 13.7. The first kappa shape index (κ1) is 17.1. The maximum atomic E-state index is 12.3. The van der Waals surface area contributed by atoms with Crippen molar-refractivity contribution in [2.45, 2.75) is 6.10 Å². The second-order valence-electron chi connectivity index (χ2n) is 6.13. The molecular formula is C20H18N2O5. The Morgan fingerprint density at radius 1 is 1.15 bits per heavy atom. The number of rotatable bonds is 4. The lowest BCUT2D eigenvalue weighted by Gasteiger charge is -2.26. The minimum atomic E-state index is -0.728. The highest BCUT2D eigenvalue weighted by Gasteiger charge is 2.27. The Balaban J connectivity index is 1.61. The Labute approximate surface area is 154 Å². The van der Waals surface area contributed by atoms with Gasteiger partial charge in [-0.05, 0) is 30.3 Å². The van der Waals surface area contributed by atoms with Crippen LogP contribution in [0.1, 0.15) is 0 Å². The Hall–Kier alpha value is -3.32. The lowest BCUT2D eigenvalue weighted by Crippen LogP contribution is -2.45. The van der Waals surface area contributed by atoms with Crippen LogP contribution in [-0.2, 0) is 4.79 Å². The third kappa shape index (κ3) is 3.37. The fourth-order valence-corrected chi connectivity index (χ4v) is 2.91. The molecule has 1 aromatic heterocycles. The van der Waals surface area contributed by atoms with Crippen LogP contribution in [-0.4, -0.2) is 31.7 Å². The first-order valence-electron chi connectivity index (χ1n) is 8.60. The molecule has 0 radical (unpaired) electrons. The molecule has 138 valence electrons. The van der Waals surface area contributed by atoms with Gasteiger partial charge in [-0.15, -0.1) is 0 Å². The number of hydrogen-bond donors (Lipinski definition) is 2. The molecule has 2 aromatic carbocycles. The molecule has 3 aromatic rings. The first-order chi connectivity index (χ1) is 13.2. The van der Waals surface area contributed by atoms with Crippen molar-refractivity contribution >= 4 is 16.9 Å². The van der Waals surface area contributed by atoms with Crippen LogP contribution in [0.25, 0.3) is 22.3 Å². The van der Waals surface area contributed by atoms with Gasteiger partial charge in [-0.2, -0.15) is 0 Å². The molecule has 0 spiro atoms. The van der Waals surface area contributed by atoms with Crippen molar-refractivity contribution in [2.24, 2.45) is 5.73 Å². The van der Waals surface area contributed by atoms with Gasteiger partial charge in [-0.3, -0.25) is 9.59 Å². The lowest BCUT2D eigenvalue weighted by atomic mass is 10.1. The van der Waals surface area contributed by atoms with Crippen LogP contribution in [0.5, 0.6) is 11.5 Å². The second-order valence-corrected chi connectivity index (χ2v) is 6.13. The van der Waals surface area contributed by atoms with E-state index in [1.807, 2.05) is 6.07 Å². The second kappa shape index (κ2) is 7.13. The molecule has 2 heterocycles. The summed E-state index contributed by atoms with van der Waals surface area (Å²) >= 11 is 0. The predicted molar refractivity (Wildman–Crippen MR) is 99.9 cm³/mol. The molecule has 1 atom stereocenters. The van der Waals surface area contributed by atoms with Crippen LogP contribution in [0.15, 0.2) is 57.7 Å². The fraction of sp³-hybridized carbons (Fsp3) is 0.200. The number of carbonyl (C=O) groups excluding carboxylic acids is 1. The van der Waals surface area contributed by atoms with Crippen molar-refractivity contribution in [1.82, 2.24) is 5.32 Å². The smallest absolute Gasteiger partial charge is 0.264 e. The quantitative estimate of drug-likeness (QED) is 0.728. The molecule has 0 saturated carbocycles. The Kier molecular flexibility index (Phi) is 4.52. The highest BCUT2D eigenvalue weighted by atomic mass is 16.6. The third-order valence-electron chi connectivity index (χ3n) is 4.26. The van der Waals surface area contributed by atoms with E-state index in [0.29, 0.717) is 46.9 Å². The van der Waals surface area contributed by atoms with Crippen molar-refractivity contribution in [1.29, 1.82) is 0 Å². The number of amides is 1. The van der Waals surface area contributed by atoms with Gasteiger partial charge in [-0.1, -0.05) is 12.1 Å². The molecule has 0 saturated heterocycles. The number of para-hydroxylation sites is 1. The molecule has 0 fully saturated rings. The maximum absolute atomic E-state index is 12.3. The molecule has 1 amide bonds. The van der Waals surface area contributed by atoms with E-state index in [0.717, 1.165) is 0 Å². The van der Waals surface area contributed by atoms with Crippen LogP contribution >= 0.6 is 0 Å². The number of fused-ring (bicyclic) bond motifs is 2. The number of ether oxygens (including phenoxy) is 2. The average Bonchev–Trinajstić information content (AvgIpc) is 2.71. The zero-order valence-electron chi connectivity index (χ0n) is 14.4. The van der Waals surface area contributed by atoms with E-state index >= 15 is 0 Å². The van der Waals surface area contributed by atoms with Crippen LogP contribution in [0.4, 0.5) is 0 Å². The highest BCUT2D eigenvalue weighted by Crippen LogP contribution is 2.36. The van der Waals surface area contributed by atoms with E-state index in [1.54, 1.807) is 36.4 Å². The van der Waals surface area contributed by atoms with Crippen LogP contribution in [0, 0.1) is 0 Å². The van der Waals surface area contributed by atoms with Gasteiger partial charge < -0.3 is 24.9 Å². The summed E-state index contributed by atoms with van der Waals surface area (Å²) in [5, 5.41) is 3.21. The van der Waals surface area contributed by atoms with Gasteiger partial charge >= 0.3 is 0 Å². The van der Waals surface area contributed by atoms with Gasteiger partial charge in [0.15, 0.2) is 16.9 Å². The molecule has 0 bridgehead atoms. The zero-order chi connectivity index (χ0) is 18.8. The average molecular weight is 366 g/mol. The third-order valence-corrected chi connectivity index (χ3v) is 4.26. The molecule has 1 unspecified atom stereocenters. The Bertz CT molecular complexity index is 1060. The van der Waals surface area contributed by atoms with Gasteiger partial charge in [0.25, 0.3) is 5.91 Å². The van der Waals surface area contributed by atoms with Crippen LogP contribution in [0.2, 0.25) is 0 Å². The van der Waals surface area contributed by atoms with Crippen LogP contribution < -0.4 is 26.0 Å². The molecule has 27 heavy (non-hydrogen) atoms. The predicted octanol–water partition coefficient (Wildman–Crippen LogP) is 1.67. The van der Waals surface area contributed by atoms with Gasteiger partial charge in [0.2, 0.25) is 6.10 Å². The minimum absolute atomic E-state index is 0.0918. The summed E-state index contributed by atoms with van der Waals surface area (Å²) in [6.45, 7) is 0.830. The number of hydrogen-bond acceptors (Lipinski definition) is 6. The van der Waals surface area contributed by atoms with Gasteiger partial charge in [0, 0.05) is 24.7 Å². The molecule has 4 rings (SSSR count). The SMILES string of the molecule is NCCNC(=O)C1COc2cc(-c3cc(=O)c4ccccc4o3)ccc2O1. The Morgan fingerprint density at radius 3 is 2.85 bits per heavy atom. The van der Waals surface area contributed by atoms with Crippen molar-refractivity contribution in [3.8, 4) is 22.8 Å². The Morgan fingerprint density at radius 2 is 2.00 bits per heavy atom. The molecule has 1 aliphatic heterocycles. The summed E-state index contributed by atoms with van der Waals surface area (Å²) in [7, 11) is 0. The molecule has 1 aliphatic rings.